The number of amides is 1. The molecule has 0 unspecified atom stereocenters. The molecule has 0 saturated heterocycles. The molecule has 2 N–H and O–H groups in total. The molecule has 0 aliphatic rings. The predicted molar refractivity (Wildman–Crippen MR) is 108 cm³/mol. The Balaban J connectivity index is 2.11. The number of hydrogen-bond donors (Lipinski definition) is 2. The minimum atomic E-state index is -1.25. The van der Waals surface area contributed by atoms with E-state index in [1.807, 2.05) is 19.1 Å². The lowest BCUT2D eigenvalue weighted by molar-refractivity contribution is 0.0694. The van der Waals surface area contributed by atoms with Crippen molar-refractivity contribution in [3.8, 4) is 0 Å². The van der Waals surface area contributed by atoms with Gasteiger partial charge >= 0.3 is 12.1 Å². The Morgan fingerprint density at radius 3 is 2.64 bits per heavy atom. The highest BCUT2D eigenvalue weighted by Crippen LogP contribution is 2.16. The number of rotatable bonds is 9. The molecule has 28 heavy (non-hydrogen) atoms. The molecule has 1 aromatic carbocycles. The van der Waals surface area contributed by atoms with Crippen LogP contribution in [0, 0.1) is 0 Å². The third kappa shape index (κ3) is 5.25. The quantitative estimate of drug-likeness (QED) is 0.639. The van der Waals surface area contributed by atoms with Crippen molar-refractivity contribution in [2.45, 2.75) is 32.6 Å². The van der Waals surface area contributed by atoms with Gasteiger partial charge in [-0.2, -0.15) is 0 Å². The van der Waals surface area contributed by atoms with E-state index in [9.17, 15) is 19.5 Å². The summed E-state index contributed by atoms with van der Waals surface area (Å²) in [6.45, 7) is 2.90. The number of alkyl carbamates (subject to hydrolysis) is 1. The molecule has 0 atom stereocenters. The van der Waals surface area contributed by atoms with Gasteiger partial charge in [-0.3, -0.25) is 9.47 Å². The Morgan fingerprint density at radius 2 is 2.00 bits per heavy atom. The summed E-state index contributed by atoms with van der Waals surface area (Å²) < 4.78 is 6.66. The topological polar surface area (TPSA) is 101 Å². The SMILES string of the molecule is CCCCOC(=O)NCCCc1ccc2c(c1)c(=O)c(C(=O)O)cn2N(C)C. The van der Waals surface area contributed by atoms with Crippen LogP contribution in [-0.2, 0) is 11.2 Å². The summed E-state index contributed by atoms with van der Waals surface area (Å²) in [5.41, 5.74) is 0.773. The molecule has 0 saturated carbocycles. The number of pyridine rings is 1. The van der Waals surface area contributed by atoms with Gasteiger partial charge in [0.2, 0.25) is 5.43 Å². The van der Waals surface area contributed by atoms with Crippen molar-refractivity contribution >= 4 is 23.0 Å². The average molecular weight is 389 g/mol. The Morgan fingerprint density at radius 1 is 1.25 bits per heavy atom. The number of carbonyl (C=O) groups is 2. The second-order valence-electron chi connectivity index (χ2n) is 6.74. The smallest absolute Gasteiger partial charge is 0.407 e. The molecule has 2 rings (SSSR count). The molecule has 8 heteroatoms. The number of aromatic carboxylic acids is 1. The van der Waals surface area contributed by atoms with Crippen LogP contribution in [0.5, 0.6) is 0 Å². The van der Waals surface area contributed by atoms with Gasteiger partial charge in [-0.1, -0.05) is 19.4 Å². The third-order valence-electron chi connectivity index (χ3n) is 4.35. The number of hydrogen-bond acceptors (Lipinski definition) is 5. The van der Waals surface area contributed by atoms with E-state index in [0.717, 1.165) is 18.4 Å². The minimum Gasteiger partial charge on any atom is -0.477 e. The van der Waals surface area contributed by atoms with E-state index in [1.165, 1.54) is 6.20 Å². The van der Waals surface area contributed by atoms with Crippen molar-refractivity contribution in [3.63, 3.8) is 0 Å². The molecule has 0 aliphatic carbocycles. The highest BCUT2D eigenvalue weighted by Gasteiger charge is 2.15. The summed E-state index contributed by atoms with van der Waals surface area (Å²) >= 11 is 0. The monoisotopic (exact) mass is 389 g/mol. The van der Waals surface area contributed by atoms with Crippen LogP contribution in [0.3, 0.4) is 0 Å². The second-order valence-corrected chi connectivity index (χ2v) is 6.74. The van der Waals surface area contributed by atoms with Crippen LogP contribution in [0.25, 0.3) is 10.9 Å². The maximum Gasteiger partial charge on any atom is 0.407 e. The zero-order valence-corrected chi connectivity index (χ0v) is 16.5. The number of carbonyl (C=O) groups excluding carboxylic acids is 1. The molecular formula is C20H27N3O5. The average Bonchev–Trinajstić information content (AvgIpc) is 2.65. The highest BCUT2D eigenvalue weighted by molar-refractivity contribution is 5.92. The molecule has 0 bridgehead atoms. The van der Waals surface area contributed by atoms with Crippen molar-refractivity contribution in [3.05, 3.63) is 45.7 Å². The number of nitrogens with zero attached hydrogens (tertiary/aromatic N) is 2. The Labute approximate surface area is 163 Å². The van der Waals surface area contributed by atoms with E-state index in [2.05, 4.69) is 5.32 Å². The van der Waals surface area contributed by atoms with Crippen molar-refractivity contribution in [1.29, 1.82) is 0 Å². The Kier molecular flexibility index (Phi) is 7.43. The summed E-state index contributed by atoms with van der Waals surface area (Å²) in [5, 5.41) is 14.1. The first kappa shape index (κ1) is 21.3. The second kappa shape index (κ2) is 9.77. The lowest BCUT2D eigenvalue weighted by Crippen LogP contribution is -2.29. The lowest BCUT2D eigenvalue weighted by Gasteiger charge is -2.20. The summed E-state index contributed by atoms with van der Waals surface area (Å²) in [6.07, 6.45) is 4.04. The first-order valence-corrected chi connectivity index (χ1v) is 9.35. The van der Waals surface area contributed by atoms with Crippen molar-refractivity contribution in [2.24, 2.45) is 0 Å². The molecule has 2 aromatic rings. The standard InChI is InChI=1S/C20H27N3O5/c1-4-5-11-28-20(27)21-10-6-7-14-8-9-17-15(12-14)18(24)16(19(25)26)13-23(17)22(2)3/h8-9,12-13H,4-7,10-11H2,1-3H3,(H,21,27)(H,25,26). The number of aryl methyl sites for hydroxylation is 1. The normalized spacial score (nSPS) is 10.7. The van der Waals surface area contributed by atoms with Gasteiger partial charge in [-0.05, 0) is 37.0 Å². The largest absolute Gasteiger partial charge is 0.477 e. The zero-order chi connectivity index (χ0) is 20.7. The number of carboxylic acid groups (broad SMARTS) is 1. The first-order valence-electron chi connectivity index (χ1n) is 9.35. The first-order chi connectivity index (χ1) is 13.3. The van der Waals surface area contributed by atoms with E-state index in [0.29, 0.717) is 36.9 Å². The molecule has 8 nitrogen and oxygen atoms in total. The molecule has 0 aliphatic heterocycles. The van der Waals surface area contributed by atoms with Gasteiger partial charge in [0.15, 0.2) is 0 Å². The fraction of sp³-hybridized carbons (Fsp3) is 0.450. The molecule has 1 aromatic heterocycles. The molecule has 0 radical (unpaired) electrons. The maximum atomic E-state index is 12.6. The molecule has 1 heterocycles. The van der Waals surface area contributed by atoms with E-state index in [-0.39, 0.29) is 5.56 Å². The lowest BCUT2D eigenvalue weighted by atomic mass is 10.0. The number of benzene rings is 1. The highest BCUT2D eigenvalue weighted by atomic mass is 16.5. The fourth-order valence-electron chi connectivity index (χ4n) is 2.84. The number of aromatic nitrogens is 1. The fourth-order valence-corrected chi connectivity index (χ4v) is 2.84. The number of fused-ring (bicyclic) bond motifs is 1. The van der Waals surface area contributed by atoms with Crippen molar-refractivity contribution in [2.75, 3.05) is 32.3 Å². The summed E-state index contributed by atoms with van der Waals surface area (Å²) in [4.78, 5) is 35.5. The van der Waals surface area contributed by atoms with Crippen molar-refractivity contribution in [1.82, 2.24) is 9.99 Å². The van der Waals surface area contributed by atoms with Crippen molar-refractivity contribution < 1.29 is 19.4 Å². The molecule has 1 amide bonds. The van der Waals surface area contributed by atoms with E-state index < -0.39 is 17.5 Å². The van der Waals surface area contributed by atoms with Gasteiger partial charge in [-0.25, -0.2) is 9.59 Å². The Hall–Kier alpha value is -3.03. The minimum absolute atomic E-state index is 0.269. The van der Waals surface area contributed by atoms with Crippen LogP contribution in [-0.4, -0.2) is 49.1 Å². The zero-order valence-electron chi connectivity index (χ0n) is 16.5. The van der Waals surface area contributed by atoms with Gasteiger partial charge < -0.3 is 20.2 Å². The number of carboxylic acids is 1. The number of nitrogens with one attached hydrogen (secondary N) is 1. The van der Waals surface area contributed by atoms with E-state index in [1.54, 1.807) is 29.8 Å². The van der Waals surface area contributed by atoms with E-state index in [4.69, 9.17) is 4.74 Å². The van der Waals surface area contributed by atoms with Gasteiger partial charge in [-0.15, -0.1) is 0 Å². The molecule has 152 valence electrons. The Bertz CT molecular complexity index is 905. The molecule has 0 spiro atoms. The summed E-state index contributed by atoms with van der Waals surface area (Å²) in [7, 11) is 3.55. The van der Waals surface area contributed by atoms with Crippen LogP contribution in [0.1, 0.15) is 42.1 Å². The van der Waals surface area contributed by atoms with E-state index >= 15 is 0 Å². The van der Waals surface area contributed by atoms with Crippen LogP contribution >= 0.6 is 0 Å². The van der Waals surface area contributed by atoms with Gasteiger partial charge in [0, 0.05) is 32.2 Å². The predicted octanol–water partition coefficient (Wildman–Crippen LogP) is 2.36. The number of unbranched alkanes of at least 4 members (excludes halogenated alkanes) is 1. The van der Waals surface area contributed by atoms with Gasteiger partial charge in [0.05, 0.1) is 12.1 Å². The van der Waals surface area contributed by atoms with Gasteiger partial charge in [0.1, 0.15) is 5.56 Å². The molecule has 0 fully saturated rings. The third-order valence-corrected chi connectivity index (χ3v) is 4.35. The number of ether oxygens (including phenoxy) is 1. The van der Waals surface area contributed by atoms with Gasteiger partial charge in [0.25, 0.3) is 0 Å². The maximum absolute atomic E-state index is 12.6. The van der Waals surface area contributed by atoms with Crippen LogP contribution in [0.4, 0.5) is 4.79 Å². The summed E-state index contributed by atoms with van der Waals surface area (Å²) in [5.74, 6) is -1.25. The molecular weight excluding hydrogens is 362 g/mol. The van der Waals surface area contributed by atoms with Crippen LogP contribution in [0.2, 0.25) is 0 Å². The summed E-state index contributed by atoms with van der Waals surface area (Å²) in [6, 6.07) is 5.44. The van der Waals surface area contributed by atoms with Crippen LogP contribution in [0.15, 0.2) is 29.2 Å². The van der Waals surface area contributed by atoms with Crippen LogP contribution < -0.4 is 15.8 Å².